The van der Waals surface area contributed by atoms with Crippen molar-refractivity contribution in [3.63, 3.8) is 0 Å². The summed E-state index contributed by atoms with van der Waals surface area (Å²) in [6.45, 7) is 3.32. The quantitative estimate of drug-likeness (QED) is 0.726. The highest BCUT2D eigenvalue weighted by Gasteiger charge is 2.03. The standard InChI is InChI=1S/C12H17FO3/c1-2-5-15-6-7-16-12-4-3-10(9-14)8-11(12)13/h3-4,8,14H,2,5-7,9H2,1H3. The Bertz CT molecular complexity index is 315. The second-order valence-corrected chi connectivity index (χ2v) is 3.38. The Hall–Kier alpha value is -1.13. The molecule has 0 bridgehead atoms. The molecule has 0 saturated carbocycles. The van der Waals surface area contributed by atoms with Gasteiger partial charge in [0.25, 0.3) is 0 Å². The van der Waals surface area contributed by atoms with Gasteiger partial charge in [-0.25, -0.2) is 4.39 Å². The Labute approximate surface area is 94.8 Å². The monoisotopic (exact) mass is 228 g/mol. The van der Waals surface area contributed by atoms with Crippen LogP contribution in [0.15, 0.2) is 18.2 Å². The minimum Gasteiger partial charge on any atom is -0.488 e. The van der Waals surface area contributed by atoms with E-state index in [1.54, 1.807) is 6.07 Å². The first-order chi connectivity index (χ1) is 7.77. The van der Waals surface area contributed by atoms with Gasteiger partial charge < -0.3 is 14.6 Å². The van der Waals surface area contributed by atoms with Gasteiger partial charge in [-0.1, -0.05) is 13.0 Å². The number of aliphatic hydroxyl groups is 1. The van der Waals surface area contributed by atoms with Crippen LogP contribution in [0.2, 0.25) is 0 Å². The van der Waals surface area contributed by atoms with Crippen LogP contribution in [0.1, 0.15) is 18.9 Å². The molecule has 0 radical (unpaired) electrons. The molecule has 1 N–H and O–H groups in total. The second-order valence-electron chi connectivity index (χ2n) is 3.38. The summed E-state index contributed by atoms with van der Waals surface area (Å²) in [5, 5.41) is 8.80. The van der Waals surface area contributed by atoms with Gasteiger partial charge in [-0.3, -0.25) is 0 Å². The van der Waals surface area contributed by atoms with Crippen molar-refractivity contribution < 1.29 is 19.0 Å². The Balaban J connectivity index is 2.36. The number of rotatable bonds is 7. The number of aliphatic hydroxyl groups excluding tert-OH is 1. The third-order valence-electron chi connectivity index (χ3n) is 2.01. The molecule has 0 unspecified atom stereocenters. The molecule has 0 atom stereocenters. The molecule has 0 saturated heterocycles. The number of ether oxygens (including phenoxy) is 2. The van der Waals surface area contributed by atoms with Crippen molar-refractivity contribution in [2.24, 2.45) is 0 Å². The van der Waals surface area contributed by atoms with Crippen molar-refractivity contribution in [2.45, 2.75) is 20.0 Å². The van der Waals surface area contributed by atoms with Crippen LogP contribution in [0.3, 0.4) is 0 Å². The van der Waals surface area contributed by atoms with E-state index >= 15 is 0 Å². The lowest BCUT2D eigenvalue weighted by molar-refractivity contribution is 0.0991. The largest absolute Gasteiger partial charge is 0.488 e. The lowest BCUT2D eigenvalue weighted by Crippen LogP contribution is -2.08. The normalized spacial score (nSPS) is 10.4. The molecule has 0 spiro atoms. The summed E-state index contributed by atoms with van der Waals surface area (Å²) in [6, 6.07) is 4.41. The van der Waals surface area contributed by atoms with Crippen LogP contribution in [0.25, 0.3) is 0 Å². The van der Waals surface area contributed by atoms with Crippen molar-refractivity contribution >= 4 is 0 Å². The van der Waals surface area contributed by atoms with E-state index < -0.39 is 5.82 Å². The Kier molecular flexibility index (Phi) is 5.82. The highest BCUT2D eigenvalue weighted by molar-refractivity contribution is 5.28. The van der Waals surface area contributed by atoms with Gasteiger partial charge in [0.15, 0.2) is 11.6 Å². The molecular weight excluding hydrogens is 211 g/mol. The van der Waals surface area contributed by atoms with Crippen LogP contribution in [0.4, 0.5) is 4.39 Å². The Morgan fingerprint density at radius 2 is 2.06 bits per heavy atom. The molecular formula is C12H17FO3. The minimum absolute atomic E-state index is 0.170. The average Bonchev–Trinajstić information content (AvgIpc) is 2.30. The van der Waals surface area contributed by atoms with E-state index in [9.17, 15) is 4.39 Å². The first kappa shape index (κ1) is 12.9. The molecule has 0 aliphatic heterocycles. The molecule has 1 aromatic rings. The van der Waals surface area contributed by atoms with Crippen LogP contribution in [0.5, 0.6) is 5.75 Å². The topological polar surface area (TPSA) is 38.7 Å². The fourth-order valence-corrected chi connectivity index (χ4v) is 1.22. The summed E-state index contributed by atoms with van der Waals surface area (Å²) in [4.78, 5) is 0. The van der Waals surface area contributed by atoms with Gasteiger partial charge in [0.1, 0.15) is 6.61 Å². The third-order valence-corrected chi connectivity index (χ3v) is 2.01. The predicted molar refractivity (Wildman–Crippen MR) is 58.9 cm³/mol. The average molecular weight is 228 g/mol. The van der Waals surface area contributed by atoms with E-state index in [4.69, 9.17) is 14.6 Å². The van der Waals surface area contributed by atoms with Gasteiger partial charge in [0.2, 0.25) is 0 Å². The fraction of sp³-hybridized carbons (Fsp3) is 0.500. The molecule has 3 nitrogen and oxygen atoms in total. The van der Waals surface area contributed by atoms with Crippen molar-refractivity contribution in [2.75, 3.05) is 19.8 Å². The van der Waals surface area contributed by atoms with Gasteiger partial charge in [-0.05, 0) is 24.1 Å². The smallest absolute Gasteiger partial charge is 0.165 e. The molecule has 0 aromatic heterocycles. The fourth-order valence-electron chi connectivity index (χ4n) is 1.22. The van der Waals surface area contributed by atoms with Crippen LogP contribution < -0.4 is 4.74 Å². The van der Waals surface area contributed by atoms with Crippen LogP contribution >= 0.6 is 0 Å². The molecule has 90 valence electrons. The van der Waals surface area contributed by atoms with Gasteiger partial charge in [-0.15, -0.1) is 0 Å². The molecule has 0 aliphatic carbocycles. The molecule has 0 fully saturated rings. The molecule has 0 aliphatic rings. The number of halogens is 1. The molecule has 4 heteroatoms. The molecule has 0 amide bonds. The first-order valence-corrected chi connectivity index (χ1v) is 5.37. The summed E-state index contributed by atoms with van der Waals surface area (Å²) >= 11 is 0. The van der Waals surface area contributed by atoms with Gasteiger partial charge >= 0.3 is 0 Å². The maximum Gasteiger partial charge on any atom is 0.165 e. The van der Waals surface area contributed by atoms with Crippen molar-refractivity contribution in [1.82, 2.24) is 0 Å². The number of hydrogen-bond donors (Lipinski definition) is 1. The second kappa shape index (κ2) is 7.19. The summed E-state index contributed by atoms with van der Waals surface area (Å²) in [6.07, 6.45) is 0.958. The zero-order valence-corrected chi connectivity index (χ0v) is 9.41. The van der Waals surface area contributed by atoms with Crippen molar-refractivity contribution in [3.05, 3.63) is 29.6 Å². The van der Waals surface area contributed by atoms with Crippen LogP contribution in [-0.2, 0) is 11.3 Å². The molecule has 1 rings (SSSR count). The molecule has 0 heterocycles. The van der Waals surface area contributed by atoms with Crippen LogP contribution in [-0.4, -0.2) is 24.9 Å². The first-order valence-electron chi connectivity index (χ1n) is 5.37. The van der Waals surface area contributed by atoms with Crippen molar-refractivity contribution in [3.8, 4) is 5.75 Å². The zero-order chi connectivity index (χ0) is 11.8. The maximum atomic E-state index is 13.3. The van der Waals surface area contributed by atoms with E-state index in [2.05, 4.69) is 0 Å². The third kappa shape index (κ3) is 4.16. The minimum atomic E-state index is -0.456. The molecule has 1 aromatic carbocycles. The van der Waals surface area contributed by atoms with E-state index in [-0.39, 0.29) is 12.4 Å². The van der Waals surface area contributed by atoms with E-state index in [0.717, 1.165) is 6.42 Å². The maximum absolute atomic E-state index is 13.3. The molecule has 16 heavy (non-hydrogen) atoms. The van der Waals surface area contributed by atoms with Gasteiger partial charge in [-0.2, -0.15) is 0 Å². The predicted octanol–water partition coefficient (Wildman–Crippen LogP) is 2.12. The van der Waals surface area contributed by atoms with E-state index in [0.29, 0.717) is 25.4 Å². The summed E-state index contributed by atoms with van der Waals surface area (Å²) < 4.78 is 23.7. The SMILES string of the molecule is CCCOCCOc1ccc(CO)cc1F. The highest BCUT2D eigenvalue weighted by Crippen LogP contribution is 2.18. The number of benzene rings is 1. The summed E-state index contributed by atoms with van der Waals surface area (Å²) in [7, 11) is 0. The van der Waals surface area contributed by atoms with E-state index in [1.807, 2.05) is 6.92 Å². The van der Waals surface area contributed by atoms with Crippen molar-refractivity contribution in [1.29, 1.82) is 0 Å². The van der Waals surface area contributed by atoms with Gasteiger partial charge in [0.05, 0.1) is 13.2 Å². The Morgan fingerprint density at radius 1 is 1.25 bits per heavy atom. The zero-order valence-electron chi connectivity index (χ0n) is 9.41. The van der Waals surface area contributed by atoms with Gasteiger partial charge in [0, 0.05) is 6.61 Å². The highest BCUT2D eigenvalue weighted by atomic mass is 19.1. The lowest BCUT2D eigenvalue weighted by atomic mass is 10.2. The number of hydrogen-bond acceptors (Lipinski definition) is 3. The van der Waals surface area contributed by atoms with Crippen LogP contribution in [0, 0.1) is 5.82 Å². The summed E-state index contributed by atoms with van der Waals surface area (Å²) in [5.41, 5.74) is 0.534. The lowest BCUT2D eigenvalue weighted by Gasteiger charge is -2.08. The van der Waals surface area contributed by atoms with E-state index in [1.165, 1.54) is 12.1 Å². The Morgan fingerprint density at radius 3 is 2.69 bits per heavy atom. The summed E-state index contributed by atoms with van der Waals surface area (Å²) in [5.74, 6) is -0.265.